The number of anilines is 1. The summed E-state index contributed by atoms with van der Waals surface area (Å²) < 4.78 is 42.7. The lowest BCUT2D eigenvalue weighted by molar-refractivity contribution is -0.141. The third-order valence-electron chi connectivity index (χ3n) is 3.03. The van der Waals surface area contributed by atoms with Gasteiger partial charge in [0.1, 0.15) is 11.5 Å². The number of hydrogen-bond acceptors (Lipinski definition) is 4. The summed E-state index contributed by atoms with van der Waals surface area (Å²) in [6, 6.07) is 4.82. The molecule has 1 aliphatic rings. The quantitative estimate of drug-likeness (QED) is 0.841. The summed E-state index contributed by atoms with van der Waals surface area (Å²) in [5.74, 6) is 0.141. The molecule has 0 saturated carbocycles. The minimum absolute atomic E-state index is 0.141. The molecule has 1 saturated heterocycles. The van der Waals surface area contributed by atoms with E-state index in [-0.39, 0.29) is 5.82 Å². The van der Waals surface area contributed by atoms with Crippen LogP contribution in [0.5, 0.6) is 0 Å². The molecule has 20 heavy (non-hydrogen) atoms. The Balaban J connectivity index is 1.73. The lowest BCUT2D eigenvalue weighted by Gasteiger charge is -2.26. The van der Waals surface area contributed by atoms with Crippen LogP contribution in [0.15, 0.2) is 12.1 Å². The molecule has 1 aliphatic heterocycles. The molecule has 1 radical (unpaired) electrons. The van der Waals surface area contributed by atoms with Crippen LogP contribution in [-0.2, 0) is 10.9 Å². The molecule has 7 heteroatoms. The highest BCUT2D eigenvalue weighted by Crippen LogP contribution is 2.27. The van der Waals surface area contributed by atoms with Crippen LogP contribution in [0.4, 0.5) is 19.0 Å². The largest absolute Gasteiger partial charge is 0.433 e. The zero-order valence-electron chi connectivity index (χ0n) is 11.0. The van der Waals surface area contributed by atoms with Crippen molar-refractivity contribution in [3.8, 4) is 0 Å². The van der Waals surface area contributed by atoms with Crippen molar-refractivity contribution in [3.05, 3.63) is 23.9 Å². The first-order valence-corrected chi connectivity index (χ1v) is 6.55. The van der Waals surface area contributed by atoms with Crippen LogP contribution in [0, 0.1) is 6.07 Å². The molecule has 2 heterocycles. The summed E-state index contributed by atoms with van der Waals surface area (Å²) >= 11 is 0. The number of nitrogens with zero attached hydrogens (tertiary/aromatic N) is 2. The van der Waals surface area contributed by atoms with E-state index in [0.29, 0.717) is 6.54 Å². The lowest BCUT2D eigenvalue weighted by Crippen LogP contribution is -2.37. The van der Waals surface area contributed by atoms with Crippen molar-refractivity contribution in [1.82, 2.24) is 9.88 Å². The normalized spacial score (nSPS) is 17.1. The van der Waals surface area contributed by atoms with Gasteiger partial charge in [-0.05, 0) is 25.1 Å². The molecule has 1 aromatic heterocycles. The van der Waals surface area contributed by atoms with E-state index in [1.54, 1.807) is 0 Å². The van der Waals surface area contributed by atoms with Gasteiger partial charge in [0.25, 0.3) is 0 Å². The molecule has 0 aliphatic carbocycles. The molecular weight excluding hydrogens is 271 g/mol. The number of aromatic nitrogens is 1. The minimum Gasteiger partial charge on any atom is -0.379 e. The topological polar surface area (TPSA) is 37.4 Å². The molecule has 0 bridgehead atoms. The number of halogens is 3. The average Bonchev–Trinajstić information content (AvgIpc) is 2.44. The summed E-state index contributed by atoms with van der Waals surface area (Å²) in [5.41, 5.74) is -0.896. The van der Waals surface area contributed by atoms with Gasteiger partial charge in [-0.3, -0.25) is 4.90 Å². The van der Waals surface area contributed by atoms with Crippen LogP contribution in [0.25, 0.3) is 0 Å². The van der Waals surface area contributed by atoms with Crippen molar-refractivity contribution in [2.45, 2.75) is 12.6 Å². The second-order valence-corrected chi connectivity index (χ2v) is 4.56. The molecule has 1 N–H and O–H groups in total. The van der Waals surface area contributed by atoms with E-state index < -0.39 is 11.9 Å². The fraction of sp³-hybridized carbons (Fsp3) is 0.615. The molecule has 1 fully saturated rings. The molecule has 111 valence electrons. The first-order valence-electron chi connectivity index (χ1n) is 6.55. The fourth-order valence-corrected chi connectivity index (χ4v) is 1.97. The van der Waals surface area contributed by atoms with Crippen molar-refractivity contribution in [1.29, 1.82) is 0 Å². The monoisotopic (exact) mass is 288 g/mol. The number of rotatable bonds is 5. The maximum atomic E-state index is 12.5. The van der Waals surface area contributed by atoms with Gasteiger partial charge >= 0.3 is 6.18 Å². The molecule has 0 atom stereocenters. The van der Waals surface area contributed by atoms with Crippen LogP contribution < -0.4 is 5.32 Å². The Morgan fingerprint density at radius 2 is 2.10 bits per heavy atom. The van der Waals surface area contributed by atoms with Crippen LogP contribution >= 0.6 is 0 Å². The molecule has 0 spiro atoms. The predicted molar refractivity (Wildman–Crippen MR) is 68.4 cm³/mol. The molecular formula is C13H17F3N3O. The summed E-state index contributed by atoms with van der Waals surface area (Å²) in [5, 5.41) is 2.87. The van der Waals surface area contributed by atoms with Crippen molar-refractivity contribution < 1.29 is 17.9 Å². The van der Waals surface area contributed by atoms with Crippen molar-refractivity contribution in [2.24, 2.45) is 0 Å². The highest BCUT2D eigenvalue weighted by Gasteiger charge is 2.32. The van der Waals surface area contributed by atoms with Gasteiger partial charge in [-0.25, -0.2) is 4.98 Å². The SMILES string of the molecule is FC(F)(F)c1cc[c]c(NCCCN2CCOCC2)n1. The highest BCUT2D eigenvalue weighted by atomic mass is 19.4. The summed E-state index contributed by atoms with van der Waals surface area (Å²) in [7, 11) is 0. The first-order chi connectivity index (χ1) is 9.55. The second kappa shape index (κ2) is 6.90. The third-order valence-corrected chi connectivity index (χ3v) is 3.03. The number of pyridine rings is 1. The Morgan fingerprint density at radius 3 is 2.80 bits per heavy atom. The van der Waals surface area contributed by atoms with E-state index in [0.717, 1.165) is 45.3 Å². The minimum atomic E-state index is -4.42. The molecule has 0 amide bonds. The van der Waals surface area contributed by atoms with Crippen LogP contribution in [0.3, 0.4) is 0 Å². The summed E-state index contributed by atoms with van der Waals surface area (Å²) in [6.07, 6.45) is -3.58. The van der Waals surface area contributed by atoms with E-state index in [1.807, 2.05) is 0 Å². The van der Waals surface area contributed by atoms with Crippen LogP contribution in [-0.4, -0.2) is 49.3 Å². The Morgan fingerprint density at radius 1 is 1.35 bits per heavy atom. The Bertz CT molecular complexity index is 420. The maximum Gasteiger partial charge on any atom is 0.433 e. The van der Waals surface area contributed by atoms with Crippen molar-refractivity contribution >= 4 is 5.82 Å². The second-order valence-electron chi connectivity index (χ2n) is 4.56. The summed E-state index contributed by atoms with van der Waals surface area (Å²) in [4.78, 5) is 5.78. The van der Waals surface area contributed by atoms with Gasteiger partial charge in [-0.15, -0.1) is 0 Å². The van der Waals surface area contributed by atoms with E-state index in [1.165, 1.54) is 6.07 Å². The third kappa shape index (κ3) is 4.64. The first kappa shape index (κ1) is 15.1. The van der Waals surface area contributed by atoms with Gasteiger partial charge in [0, 0.05) is 25.7 Å². The van der Waals surface area contributed by atoms with E-state index >= 15 is 0 Å². The van der Waals surface area contributed by atoms with Gasteiger partial charge in [0.05, 0.1) is 13.2 Å². The van der Waals surface area contributed by atoms with Gasteiger partial charge < -0.3 is 10.1 Å². The van der Waals surface area contributed by atoms with Crippen molar-refractivity contribution in [3.63, 3.8) is 0 Å². The molecule has 2 rings (SSSR count). The molecule has 0 unspecified atom stereocenters. The van der Waals surface area contributed by atoms with Crippen LogP contribution in [0.1, 0.15) is 12.1 Å². The zero-order valence-corrected chi connectivity index (χ0v) is 11.0. The number of hydrogen-bond donors (Lipinski definition) is 1. The highest BCUT2D eigenvalue weighted by molar-refractivity contribution is 5.34. The summed E-state index contributed by atoms with van der Waals surface area (Å²) in [6.45, 7) is 4.78. The van der Waals surface area contributed by atoms with Gasteiger partial charge in [0.2, 0.25) is 0 Å². The Kier molecular flexibility index (Phi) is 5.19. The Hall–Kier alpha value is -1.34. The number of nitrogens with one attached hydrogen (secondary N) is 1. The average molecular weight is 288 g/mol. The van der Waals surface area contributed by atoms with Gasteiger partial charge in [-0.2, -0.15) is 13.2 Å². The van der Waals surface area contributed by atoms with Gasteiger partial charge in [-0.1, -0.05) is 0 Å². The van der Waals surface area contributed by atoms with E-state index in [2.05, 4.69) is 21.3 Å². The smallest absolute Gasteiger partial charge is 0.379 e. The molecule has 4 nitrogen and oxygen atoms in total. The van der Waals surface area contributed by atoms with Gasteiger partial charge in [0.15, 0.2) is 0 Å². The van der Waals surface area contributed by atoms with E-state index in [4.69, 9.17) is 4.74 Å². The molecule has 0 aromatic carbocycles. The van der Waals surface area contributed by atoms with Crippen molar-refractivity contribution in [2.75, 3.05) is 44.7 Å². The molecule has 1 aromatic rings. The standard InChI is InChI=1S/C13H17F3N3O/c14-13(15,16)11-3-1-4-12(18-11)17-5-2-6-19-7-9-20-10-8-19/h1,3H,2,5-10H2,(H,17,18). The van der Waals surface area contributed by atoms with Crippen LogP contribution in [0.2, 0.25) is 0 Å². The number of ether oxygens (including phenoxy) is 1. The Labute approximate surface area is 115 Å². The fourth-order valence-electron chi connectivity index (χ4n) is 1.97. The predicted octanol–water partition coefficient (Wildman–Crippen LogP) is 2.03. The van der Waals surface area contributed by atoms with E-state index in [9.17, 15) is 13.2 Å². The maximum absolute atomic E-state index is 12.5. The number of alkyl halides is 3. The zero-order chi connectivity index (χ0) is 14.4. The lowest BCUT2D eigenvalue weighted by atomic mass is 10.3. The number of morpholine rings is 1.